The zero-order chi connectivity index (χ0) is 15.2. The number of rotatable bonds is 6. The van der Waals surface area contributed by atoms with Crippen LogP contribution in [0, 0.1) is 10.1 Å². The Kier molecular flexibility index (Phi) is 5.49. The van der Waals surface area contributed by atoms with Gasteiger partial charge in [-0.05, 0) is 20.2 Å². The van der Waals surface area contributed by atoms with Crippen LogP contribution in [0.5, 0.6) is 5.75 Å². The Labute approximate surface area is 124 Å². The molecule has 0 aromatic heterocycles. The first-order valence-electron chi connectivity index (χ1n) is 6.95. The molecule has 1 aromatic carbocycles. The maximum absolute atomic E-state index is 10.8. The highest BCUT2D eigenvalue weighted by atomic mass is 16.6. The molecule has 0 radical (unpaired) electrons. The van der Waals surface area contributed by atoms with Gasteiger partial charge in [0.15, 0.2) is 0 Å². The molecule has 0 amide bonds. The highest BCUT2D eigenvalue weighted by Crippen LogP contribution is 2.24. The minimum absolute atomic E-state index is 0.0291. The van der Waals surface area contributed by atoms with Gasteiger partial charge >= 0.3 is 0 Å². The number of likely N-dealkylation sites (N-methyl/N-ethyl adjacent to an activating group) is 1. The molecule has 116 valence electrons. The number of morpholine rings is 1. The predicted octanol–water partition coefficient (Wildman–Crippen LogP) is 1.02. The Balaban J connectivity index is 2.02. The normalized spacial score (nSPS) is 19.4. The highest BCUT2D eigenvalue weighted by molar-refractivity contribution is 5.43. The summed E-state index contributed by atoms with van der Waals surface area (Å²) in [4.78, 5) is 12.6. The van der Waals surface area contributed by atoms with Gasteiger partial charge in [-0.15, -0.1) is 0 Å². The first-order chi connectivity index (χ1) is 10.1. The zero-order valence-electron chi connectivity index (χ0n) is 12.4. The molecule has 1 aliphatic rings. The molecule has 7 nitrogen and oxygen atoms in total. The van der Waals surface area contributed by atoms with Crippen LogP contribution in [0.25, 0.3) is 0 Å². The van der Waals surface area contributed by atoms with Crippen LogP contribution in [-0.2, 0) is 11.3 Å². The van der Waals surface area contributed by atoms with Gasteiger partial charge in [-0.1, -0.05) is 0 Å². The summed E-state index contributed by atoms with van der Waals surface area (Å²) in [6.07, 6.45) is 0.0291. The number of nitrogens with zero attached hydrogens (tertiary/aromatic N) is 2. The lowest BCUT2D eigenvalue weighted by molar-refractivity contribution is -0.384. The number of non-ortho nitro benzene ring substituents is 1. The Morgan fingerprint density at radius 3 is 3.05 bits per heavy atom. The Morgan fingerprint density at radius 2 is 2.38 bits per heavy atom. The summed E-state index contributed by atoms with van der Waals surface area (Å²) in [5.74, 6) is 0.659. The SMILES string of the molecule is CNCc1cc([N+](=O)[O-])ccc1OCC1CN(C)CCO1. The molecule has 0 spiro atoms. The van der Waals surface area contributed by atoms with Crippen molar-refractivity contribution < 1.29 is 14.4 Å². The Bertz CT molecular complexity index is 495. The van der Waals surface area contributed by atoms with E-state index in [0.29, 0.717) is 25.5 Å². The fourth-order valence-corrected chi connectivity index (χ4v) is 2.30. The second-order valence-corrected chi connectivity index (χ2v) is 5.15. The lowest BCUT2D eigenvalue weighted by atomic mass is 10.1. The number of benzene rings is 1. The summed E-state index contributed by atoms with van der Waals surface area (Å²) < 4.78 is 11.4. The van der Waals surface area contributed by atoms with Crippen molar-refractivity contribution in [1.29, 1.82) is 0 Å². The molecule has 0 aliphatic carbocycles. The van der Waals surface area contributed by atoms with Gasteiger partial charge in [0, 0.05) is 37.3 Å². The molecule has 0 saturated carbocycles. The molecule has 1 aliphatic heterocycles. The largest absolute Gasteiger partial charge is 0.490 e. The lowest BCUT2D eigenvalue weighted by Gasteiger charge is -2.30. The number of hydrogen-bond acceptors (Lipinski definition) is 6. The lowest BCUT2D eigenvalue weighted by Crippen LogP contribution is -2.42. The molecule has 1 unspecified atom stereocenters. The topological polar surface area (TPSA) is 76.9 Å². The van der Waals surface area contributed by atoms with Gasteiger partial charge in [-0.3, -0.25) is 10.1 Å². The number of ether oxygens (including phenoxy) is 2. The molecule has 2 rings (SSSR count). The monoisotopic (exact) mass is 295 g/mol. The molecular weight excluding hydrogens is 274 g/mol. The third-order valence-corrected chi connectivity index (χ3v) is 3.39. The highest BCUT2D eigenvalue weighted by Gasteiger charge is 2.19. The number of nitro groups is 1. The average Bonchev–Trinajstić information content (AvgIpc) is 2.46. The van der Waals surface area contributed by atoms with Crippen LogP contribution in [0.15, 0.2) is 18.2 Å². The van der Waals surface area contributed by atoms with Crippen molar-refractivity contribution in [1.82, 2.24) is 10.2 Å². The van der Waals surface area contributed by atoms with E-state index in [2.05, 4.69) is 10.2 Å². The number of nitrogens with one attached hydrogen (secondary N) is 1. The van der Waals surface area contributed by atoms with Crippen LogP contribution in [0.4, 0.5) is 5.69 Å². The van der Waals surface area contributed by atoms with Crippen LogP contribution < -0.4 is 10.1 Å². The van der Waals surface area contributed by atoms with Crippen molar-refractivity contribution in [2.45, 2.75) is 12.6 Å². The molecule has 1 atom stereocenters. The molecule has 1 aromatic rings. The summed E-state index contributed by atoms with van der Waals surface area (Å²) in [5.41, 5.74) is 0.845. The predicted molar refractivity (Wildman–Crippen MR) is 78.6 cm³/mol. The van der Waals surface area contributed by atoms with Gasteiger partial charge in [-0.2, -0.15) is 0 Å². The first-order valence-corrected chi connectivity index (χ1v) is 6.95. The fourth-order valence-electron chi connectivity index (χ4n) is 2.30. The van der Waals surface area contributed by atoms with E-state index in [1.807, 2.05) is 7.05 Å². The molecular formula is C14H21N3O4. The quantitative estimate of drug-likeness (QED) is 0.624. The Hall–Kier alpha value is -1.70. The van der Waals surface area contributed by atoms with Gasteiger partial charge in [0.05, 0.1) is 11.5 Å². The molecule has 1 N–H and O–H groups in total. The second kappa shape index (κ2) is 7.35. The summed E-state index contributed by atoms with van der Waals surface area (Å²) in [7, 11) is 3.84. The summed E-state index contributed by atoms with van der Waals surface area (Å²) in [6.45, 7) is 3.42. The third-order valence-electron chi connectivity index (χ3n) is 3.39. The minimum atomic E-state index is -0.401. The molecule has 1 heterocycles. The second-order valence-electron chi connectivity index (χ2n) is 5.15. The summed E-state index contributed by atoms with van der Waals surface area (Å²) >= 11 is 0. The fraction of sp³-hybridized carbons (Fsp3) is 0.571. The van der Waals surface area contributed by atoms with Gasteiger partial charge < -0.3 is 19.7 Å². The minimum Gasteiger partial charge on any atom is -0.490 e. The summed E-state index contributed by atoms with van der Waals surface area (Å²) in [5, 5.41) is 13.8. The zero-order valence-corrected chi connectivity index (χ0v) is 12.4. The van der Waals surface area contributed by atoms with Gasteiger partial charge in [0.2, 0.25) is 0 Å². The van der Waals surface area contributed by atoms with Gasteiger partial charge in [0.1, 0.15) is 18.5 Å². The van der Waals surface area contributed by atoms with E-state index in [1.165, 1.54) is 6.07 Å². The standard InChI is InChI=1S/C14H21N3O4/c1-15-8-11-7-12(17(18)19)3-4-14(11)21-10-13-9-16(2)5-6-20-13/h3-4,7,13,15H,5-6,8-10H2,1-2H3. The van der Waals surface area contributed by atoms with Crippen molar-refractivity contribution in [3.63, 3.8) is 0 Å². The van der Waals surface area contributed by atoms with Gasteiger partial charge in [-0.25, -0.2) is 0 Å². The molecule has 21 heavy (non-hydrogen) atoms. The molecule has 1 fully saturated rings. The molecule has 1 saturated heterocycles. The van der Waals surface area contributed by atoms with Crippen molar-refractivity contribution in [2.75, 3.05) is 40.4 Å². The van der Waals surface area contributed by atoms with Crippen LogP contribution in [0.3, 0.4) is 0 Å². The van der Waals surface area contributed by atoms with Crippen LogP contribution in [-0.4, -0.2) is 56.3 Å². The average molecular weight is 295 g/mol. The van der Waals surface area contributed by atoms with E-state index in [4.69, 9.17) is 9.47 Å². The van der Waals surface area contributed by atoms with E-state index in [9.17, 15) is 10.1 Å². The summed E-state index contributed by atoms with van der Waals surface area (Å²) in [6, 6.07) is 4.65. The molecule has 0 bridgehead atoms. The van der Waals surface area contributed by atoms with Crippen molar-refractivity contribution in [2.24, 2.45) is 0 Å². The van der Waals surface area contributed by atoms with Crippen molar-refractivity contribution in [3.05, 3.63) is 33.9 Å². The third kappa shape index (κ3) is 4.38. The van der Waals surface area contributed by atoms with Crippen LogP contribution >= 0.6 is 0 Å². The van der Waals surface area contributed by atoms with E-state index >= 15 is 0 Å². The van der Waals surface area contributed by atoms with E-state index in [1.54, 1.807) is 19.2 Å². The van der Waals surface area contributed by atoms with Crippen molar-refractivity contribution in [3.8, 4) is 5.75 Å². The maximum atomic E-state index is 10.8. The Morgan fingerprint density at radius 1 is 1.57 bits per heavy atom. The van der Waals surface area contributed by atoms with Gasteiger partial charge in [0.25, 0.3) is 5.69 Å². The molecule has 7 heteroatoms. The van der Waals surface area contributed by atoms with Crippen LogP contribution in [0.1, 0.15) is 5.56 Å². The number of hydrogen-bond donors (Lipinski definition) is 1. The van der Waals surface area contributed by atoms with E-state index < -0.39 is 4.92 Å². The van der Waals surface area contributed by atoms with E-state index in [-0.39, 0.29) is 11.8 Å². The number of nitro benzene ring substituents is 1. The maximum Gasteiger partial charge on any atom is 0.270 e. The smallest absolute Gasteiger partial charge is 0.270 e. The van der Waals surface area contributed by atoms with Crippen LogP contribution in [0.2, 0.25) is 0 Å². The van der Waals surface area contributed by atoms with Crippen molar-refractivity contribution >= 4 is 5.69 Å². The first kappa shape index (κ1) is 15.7. The van der Waals surface area contributed by atoms with E-state index in [0.717, 1.165) is 18.7 Å².